The van der Waals surface area contributed by atoms with E-state index in [2.05, 4.69) is 21.3 Å². The van der Waals surface area contributed by atoms with Gasteiger partial charge in [-0.3, -0.25) is 19.2 Å². The number of rotatable bonds is 21. The first kappa shape index (κ1) is 45.7. The molecule has 11 nitrogen and oxygen atoms in total. The average Bonchev–Trinajstić information content (AvgIpc) is 3.05. The fourth-order valence-corrected chi connectivity index (χ4v) is 7.03. The Hall–Kier alpha value is -3.47. The molecule has 5 N–H and O–H groups in total. The highest BCUT2D eigenvalue weighted by molar-refractivity contribution is 5.92. The number of benzene rings is 1. The number of carbonyl (C=O) groups excluding carboxylic acids is 5. The van der Waals surface area contributed by atoms with Gasteiger partial charge in [-0.2, -0.15) is 0 Å². The van der Waals surface area contributed by atoms with Gasteiger partial charge in [0.25, 0.3) is 0 Å². The summed E-state index contributed by atoms with van der Waals surface area (Å²) in [6.07, 6.45) is 4.83. The molecule has 0 heterocycles. The smallest absolute Gasteiger partial charge is 0.408 e. The minimum atomic E-state index is -1.23. The van der Waals surface area contributed by atoms with Gasteiger partial charge in [-0.15, -0.1) is 0 Å². The Kier molecular flexibility index (Phi) is 19.5. The number of ketones is 1. The number of ether oxygens (including phenoxy) is 1. The normalized spacial score (nSPS) is 16.7. The van der Waals surface area contributed by atoms with Crippen LogP contribution in [0.1, 0.15) is 139 Å². The lowest BCUT2D eigenvalue weighted by atomic mass is 9.82. The van der Waals surface area contributed by atoms with E-state index in [-0.39, 0.29) is 48.2 Å². The summed E-state index contributed by atoms with van der Waals surface area (Å²) in [7, 11) is 0. The van der Waals surface area contributed by atoms with Crippen LogP contribution in [0.3, 0.4) is 0 Å². The first-order chi connectivity index (χ1) is 24.8. The molecule has 53 heavy (non-hydrogen) atoms. The van der Waals surface area contributed by atoms with Crippen molar-refractivity contribution in [1.82, 2.24) is 21.3 Å². The Morgan fingerprint density at radius 3 is 1.92 bits per heavy atom. The Morgan fingerprint density at radius 2 is 1.36 bits per heavy atom. The molecule has 0 bridgehead atoms. The fourth-order valence-electron chi connectivity index (χ4n) is 7.03. The standard InChI is InChI=1S/C42H70N4O7/c1-27(2)20-32(24-36(47)34(23-30-16-12-10-13-17-30)46-41(52)53-42(7,8)9)39(50)45-33(21-28(3)4)37(48)25-38(49)44-35(22-29(5)6)40(51)43-26-31-18-14-11-15-19-31/h11,14-15,18-19,27-30,32-35,37,48H,10,12-13,16-17,20-26H2,1-9H3,(H,43,51)(H,44,49)(H,45,50)(H,46,52)/t32-,33+,34+,35+,37?/m1/s1. The summed E-state index contributed by atoms with van der Waals surface area (Å²) in [6, 6.07) is 7.19. The Labute approximate surface area is 318 Å². The molecule has 0 radical (unpaired) electrons. The van der Waals surface area contributed by atoms with Gasteiger partial charge in [-0.1, -0.05) is 104 Å². The predicted octanol–water partition coefficient (Wildman–Crippen LogP) is 6.60. The van der Waals surface area contributed by atoms with Crippen LogP contribution in [0.4, 0.5) is 4.79 Å². The molecule has 5 atom stereocenters. The molecule has 1 aliphatic carbocycles. The monoisotopic (exact) mass is 743 g/mol. The molecule has 11 heteroatoms. The number of nitrogens with one attached hydrogen (secondary N) is 4. The molecule has 1 aliphatic rings. The van der Waals surface area contributed by atoms with Gasteiger partial charge in [0.2, 0.25) is 17.7 Å². The molecule has 0 saturated heterocycles. The molecule has 0 aliphatic heterocycles. The molecule has 1 saturated carbocycles. The minimum Gasteiger partial charge on any atom is -0.444 e. The number of hydrogen-bond acceptors (Lipinski definition) is 7. The van der Waals surface area contributed by atoms with E-state index in [0.29, 0.717) is 38.1 Å². The van der Waals surface area contributed by atoms with E-state index in [1.54, 1.807) is 20.8 Å². The highest BCUT2D eigenvalue weighted by atomic mass is 16.6. The van der Waals surface area contributed by atoms with E-state index >= 15 is 0 Å². The van der Waals surface area contributed by atoms with Crippen LogP contribution < -0.4 is 21.3 Å². The first-order valence-corrected chi connectivity index (χ1v) is 19.9. The maximum absolute atomic E-state index is 14.0. The highest BCUT2D eigenvalue weighted by Crippen LogP contribution is 2.29. The van der Waals surface area contributed by atoms with Crippen molar-refractivity contribution in [1.29, 1.82) is 0 Å². The van der Waals surface area contributed by atoms with Gasteiger partial charge < -0.3 is 31.1 Å². The van der Waals surface area contributed by atoms with Crippen LogP contribution in [0, 0.1) is 29.6 Å². The van der Waals surface area contributed by atoms with E-state index in [0.717, 1.165) is 31.2 Å². The van der Waals surface area contributed by atoms with Crippen LogP contribution in [0.25, 0.3) is 0 Å². The summed E-state index contributed by atoms with van der Waals surface area (Å²) < 4.78 is 5.49. The van der Waals surface area contributed by atoms with Crippen LogP contribution in [0.15, 0.2) is 30.3 Å². The van der Waals surface area contributed by atoms with Crippen LogP contribution in [0.2, 0.25) is 0 Å². The van der Waals surface area contributed by atoms with Gasteiger partial charge in [0, 0.05) is 18.9 Å². The van der Waals surface area contributed by atoms with Crippen LogP contribution in [-0.4, -0.2) is 64.5 Å². The molecule has 1 aromatic carbocycles. The summed E-state index contributed by atoms with van der Waals surface area (Å²) in [5.74, 6) is -1.47. The third kappa shape index (κ3) is 18.9. The summed E-state index contributed by atoms with van der Waals surface area (Å²) in [4.78, 5) is 67.1. The number of Topliss-reactive ketones (excluding diaryl/α,β-unsaturated/α-hetero) is 1. The van der Waals surface area contributed by atoms with E-state index in [1.807, 2.05) is 71.9 Å². The SMILES string of the molecule is CC(C)C[C@H](CC(=O)[C@H](CC1CCCCC1)NC(=O)OC(C)(C)C)C(=O)N[C@@H](CC(C)C)C(O)CC(=O)N[C@@H](CC(C)C)C(=O)NCc1ccccc1. The van der Waals surface area contributed by atoms with Crippen LogP contribution >= 0.6 is 0 Å². The Morgan fingerprint density at radius 1 is 0.755 bits per heavy atom. The zero-order valence-corrected chi connectivity index (χ0v) is 34.0. The van der Waals surface area contributed by atoms with E-state index in [9.17, 15) is 29.1 Å². The van der Waals surface area contributed by atoms with Gasteiger partial charge >= 0.3 is 6.09 Å². The van der Waals surface area contributed by atoms with Gasteiger partial charge in [-0.05, 0) is 75.7 Å². The van der Waals surface area contributed by atoms with E-state index in [4.69, 9.17) is 4.74 Å². The molecule has 2 rings (SSSR count). The maximum Gasteiger partial charge on any atom is 0.408 e. The predicted molar refractivity (Wildman–Crippen MR) is 209 cm³/mol. The topological polar surface area (TPSA) is 163 Å². The quantitative estimate of drug-likeness (QED) is 0.0948. The Balaban J connectivity index is 2.16. The van der Waals surface area contributed by atoms with Crippen molar-refractivity contribution in [2.45, 2.75) is 169 Å². The molecule has 0 aromatic heterocycles. The molecular weight excluding hydrogens is 672 g/mol. The molecule has 1 fully saturated rings. The van der Waals surface area contributed by atoms with Gasteiger partial charge in [-0.25, -0.2) is 4.79 Å². The van der Waals surface area contributed by atoms with E-state index in [1.165, 1.54) is 6.42 Å². The number of alkyl carbamates (subject to hydrolysis) is 1. The number of hydrogen-bond donors (Lipinski definition) is 5. The van der Waals surface area contributed by atoms with Crippen molar-refractivity contribution < 1.29 is 33.8 Å². The van der Waals surface area contributed by atoms with Gasteiger partial charge in [0.05, 0.1) is 24.6 Å². The number of aliphatic hydroxyl groups is 1. The summed E-state index contributed by atoms with van der Waals surface area (Å²) in [5.41, 5.74) is 0.213. The van der Waals surface area contributed by atoms with Crippen molar-refractivity contribution in [3.63, 3.8) is 0 Å². The number of aliphatic hydroxyl groups excluding tert-OH is 1. The zero-order chi connectivity index (χ0) is 39.7. The maximum atomic E-state index is 14.0. The first-order valence-electron chi connectivity index (χ1n) is 19.9. The molecule has 1 aromatic rings. The molecule has 4 amide bonds. The second kappa shape index (κ2) is 22.7. The van der Waals surface area contributed by atoms with Crippen molar-refractivity contribution in [3.8, 4) is 0 Å². The lowest BCUT2D eigenvalue weighted by molar-refractivity contribution is -0.133. The molecule has 1 unspecified atom stereocenters. The second-order valence-electron chi connectivity index (χ2n) is 17.4. The lowest BCUT2D eigenvalue weighted by Crippen LogP contribution is -2.51. The average molecular weight is 743 g/mol. The van der Waals surface area contributed by atoms with Gasteiger partial charge in [0.1, 0.15) is 11.6 Å². The third-order valence-corrected chi connectivity index (χ3v) is 9.53. The van der Waals surface area contributed by atoms with Crippen molar-refractivity contribution in [2.75, 3.05) is 0 Å². The fraction of sp³-hybridized carbons (Fsp3) is 0.738. The minimum absolute atomic E-state index is 0.0723. The summed E-state index contributed by atoms with van der Waals surface area (Å²) in [6.45, 7) is 17.5. The van der Waals surface area contributed by atoms with Gasteiger partial charge in [0.15, 0.2) is 5.78 Å². The molecule has 300 valence electrons. The highest BCUT2D eigenvalue weighted by Gasteiger charge is 2.34. The Bertz CT molecular complexity index is 1290. The molecular formula is C42H70N4O7. The largest absolute Gasteiger partial charge is 0.444 e. The van der Waals surface area contributed by atoms with Crippen molar-refractivity contribution >= 4 is 29.6 Å². The van der Waals surface area contributed by atoms with Crippen LogP contribution in [-0.2, 0) is 30.5 Å². The third-order valence-electron chi connectivity index (χ3n) is 9.53. The number of carbonyl (C=O) groups is 5. The van der Waals surface area contributed by atoms with E-state index < -0.39 is 47.7 Å². The zero-order valence-electron chi connectivity index (χ0n) is 34.0. The summed E-state index contributed by atoms with van der Waals surface area (Å²) in [5, 5.41) is 22.9. The van der Waals surface area contributed by atoms with Crippen molar-refractivity contribution in [3.05, 3.63) is 35.9 Å². The van der Waals surface area contributed by atoms with Crippen molar-refractivity contribution in [2.24, 2.45) is 29.6 Å². The number of amides is 4. The summed E-state index contributed by atoms with van der Waals surface area (Å²) >= 11 is 0. The van der Waals surface area contributed by atoms with Crippen LogP contribution in [0.5, 0.6) is 0 Å². The molecule has 0 spiro atoms. The second-order valence-corrected chi connectivity index (χ2v) is 17.4. The lowest BCUT2D eigenvalue weighted by Gasteiger charge is -2.30.